The van der Waals surface area contributed by atoms with E-state index in [0.29, 0.717) is 6.42 Å². The third-order valence-corrected chi connectivity index (χ3v) is 3.85. The Labute approximate surface area is 124 Å². The number of nitrogens with one attached hydrogen (secondary N) is 1. The first-order chi connectivity index (χ1) is 9.96. The highest BCUT2D eigenvalue weighted by molar-refractivity contribution is 5.70. The van der Waals surface area contributed by atoms with Gasteiger partial charge in [0.1, 0.15) is 0 Å². The van der Waals surface area contributed by atoms with E-state index in [0.717, 1.165) is 24.5 Å². The maximum atomic E-state index is 12.2. The number of alkyl halides is 3. The van der Waals surface area contributed by atoms with Gasteiger partial charge in [0.25, 0.3) is 0 Å². The minimum Gasteiger partial charge on any atom is -0.381 e. The molecular formula is C16H23F3N2. The lowest BCUT2D eigenvalue weighted by molar-refractivity contribution is -0.135. The molecule has 1 aromatic rings. The van der Waals surface area contributed by atoms with Crippen LogP contribution in [0, 0.1) is 0 Å². The SMILES string of the molecule is CC(CCCC(F)(F)F)Nc1ccccc1N1CCCC1. The second-order valence-corrected chi connectivity index (χ2v) is 5.76. The Bertz CT molecular complexity index is 439. The van der Waals surface area contributed by atoms with E-state index in [1.165, 1.54) is 12.8 Å². The summed E-state index contributed by atoms with van der Waals surface area (Å²) in [6.07, 6.45) is -1.65. The van der Waals surface area contributed by atoms with Crippen LogP contribution in [0.4, 0.5) is 24.5 Å². The van der Waals surface area contributed by atoms with E-state index in [2.05, 4.69) is 16.3 Å². The minimum absolute atomic E-state index is 0.0381. The van der Waals surface area contributed by atoms with Crippen LogP contribution < -0.4 is 10.2 Å². The number of halogens is 3. The van der Waals surface area contributed by atoms with Crippen LogP contribution in [-0.4, -0.2) is 25.3 Å². The highest BCUT2D eigenvalue weighted by Gasteiger charge is 2.26. The molecule has 0 bridgehead atoms. The first-order valence-corrected chi connectivity index (χ1v) is 7.63. The van der Waals surface area contributed by atoms with Crippen molar-refractivity contribution in [3.63, 3.8) is 0 Å². The fourth-order valence-electron chi connectivity index (χ4n) is 2.78. The first-order valence-electron chi connectivity index (χ1n) is 7.63. The molecule has 1 aliphatic heterocycles. The van der Waals surface area contributed by atoms with E-state index in [4.69, 9.17) is 0 Å². The summed E-state index contributed by atoms with van der Waals surface area (Å²) in [5.41, 5.74) is 2.19. The Hall–Kier alpha value is -1.39. The van der Waals surface area contributed by atoms with Crippen molar-refractivity contribution in [1.29, 1.82) is 0 Å². The number of rotatable bonds is 6. The van der Waals surface area contributed by atoms with Crippen molar-refractivity contribution in [2.75, 3.05) is 23.3 Å². The summed E-state index contributed by atoms with van der Waals surface area (Å²) in [7, 11) is 0. The summed E-state index contributed by atoms with van der Waals surface area (Å²) in [6.45, 7) is 4.05. The molecule has 1 unspecified atom stereocenters. The van der Waals surface area contributed by atoms with Crippen LogP contribution >= 0.6 is 0 Å². The second kappa shape index (κ2) is 7.05. The fraction of sp³-hybridized carbons (Fsp3) is 0.625. The molecule has 21 heavy (non-hydrogen) atoms. The van der Waals surface area contributed by atoms with Crippen LogP contribution in [0.1, 0.15) is 39.0 Å². The topological polar surface area (TPSA) is 15.3 Å². The zero-order valence-electron chi connectivity index (χ0n) is 12.4. The average Bonchev–Trinajstić information content (AvgIpc) is 2.91. The number of para-hydroxylation sites is 2. The Kier molecular flexibility index (Phi) is 5.37. The van der Waals surface area contributed by atoms with Gasteiger partial charge < -0.3 is 10.2 Å². The molecule has 0 spiro atoms. The normalized spacial score (nSPS) is 17.0. The molecule has 0 aliphatic carbocycles. The quantitative estimate of drug-likeness (QED) is 0.810. The van der Waals surface area contributed by atoms with Crippen molar-refractivity contribution in [3.05, 3.63) is 24.3 Å². The van der Waals surface area contributed by atoms with Crippen LogP contribution in [-0.2, 0) is 0 Å². The monoisotopic (exact) mass is 300 g/mol. The van der Waals surface area contributed by atoms with Gasteiger partial charge in [-0.2, -0.15) is 13.2 Å². The third kappa shape index (κ3) is 5.14. The zero-order valence-corrected chi connectivity index (χ0v) is 12.4. The van der Waals surface area contributed by atoms with Crippen LogP contribution in [0.3, 0.4) is 0 Å². The number of hydrogen-bond donors (Lipinski definition) is 1. The highest BCUT2D eigenvalue weighted by atomic mass is 19.4. The smallest absolute Gasteiger partial charge is 0.381 e. The molecule has 1 saturated heterocycles. The fourth-order valence-corrected chi connectivity index (χ4v) is 2.78. The summed E-state index contributed by atoms with van der Waals surface area (Å²) >= 11 is 0. The molecule has 1 atom stereocenters. The molecule has 118 valence electrons. The van der Waals surface area contributed by atoms with Crippen LogP contribution in [0.25, 0.3) is 0 Å². The predicted molar refractivity (Wildman–Crippen MR) is 80.9 cm³/mol. The summed E-state index contributed by atoms with van der Waals surface area (Å²) in [5, 5.41) is 3.36. The van der Waals surface area contributed by atoms with Crippen molar-refractivity contribution < 1.29 is 13.2 Å². The lowest BCUT2D eigenvalue weighted by Gasteiger charge is -2.24. The van der Waals surface area contributed by atoms with Crippen molar-refractivity contribution in [3.8, 4) is 0 Å². The molecule has 1 aliphatic rings. The van der Waals surface area contributed by atoms with Gasteiger partial charge >= 0.3 is 6.18 Å². The average molecular weight is 300 g/mol. The van der Waals surface area contributed by atoms with Gasteiger partial charge in [-0.25, -0.2) is 0 Å². The molecule has 0 amide bonds. The van der Waals surface area contributed by atoms with Gasteiger partial charge in [-0.1, -0.05) is 12.1 Å². The van der Waals surface area contributed by atoms with E-state index in [-0.39, 0.29) is 12.5 Å². The molecule has 1 N–H and O–H groups in total. The molecular weight excluding hydrogens is 277 g/mol. The summed E-state index contributed by atoms with van der Waals surface area (Å²) in [6, 6.07) is 8.10. The van der Waals surface area contributed by atoms with Crippen LogP contribution in [0.2, 0.25) is 0 Å². The van der Waals surface area contributed by atoms with Crippen molar-refractivity contribution in [1.82, 2.24) is 0 Å². The molecule has 1 heterocycles. The van der Waals surface area contributed by atoms with Crippen LogP contribution in [0.5, 0.6) is 0 Å². The molecule has 1 fully saturated rings. The minimum atomic E-state index is -4.05. The van der Waals surface area contributed by atoms with Crippen LogP contribution in [0.15, 0.2) is 24.3 Å². The Balaban J connectivity index is 1.90. The van der Waals surface area contributed by atoms with Crippen molar-refractivity contribution in [2.24, 2.45) is 0 Å². The molecule has 0 saturated carbocycles. The molecule has 0 radical (unpaired) electrons. The summed E-state index contributed by atoms with van der Waals surface area (Å²) in [5.74, 6) is 0. The van der Waals surface area contributed by atoms with Crippen molar-refractivity contribution in [2.45, 2.75) is 51.2 Å². The summed E-state index contributed by atoms with van der Waals surface area (Å²) < 4.78 is 36.5. The molecule has 5 heteroatoms. The van der Waals surface area contributed by atoms with Crippen molar-refractivity contribution >= 4 is 11.4 Å². The van der Waals surface area contributed by atoms with Gasteiger partial charge in [0, 0.05) is 25.6 Å². The lowest BCUT2D eigenvalue weighted by Crippen LogP contribution is -2.22. The predicted octanol–water partition coefficient (Wildman–Crippen LogP) is 4.82. The van der Waals surface area contributed by atoms with E-state index >= 15 is 0 Å². The van der Waals surface area contributed by atoms with Gasteiger partial charge in [-0.15, -0.1) is 0 Å². The van der Waals surface area contributed by atoms with Gasteiger partial charge in [0.15, 0.2) is 0 Å². The van der Waals surface area contributed by atoms with Gasteiger partial charge in [-0.05, 0) is 44.7 Å². The maximum Gasteiger partial charge on any atom is 0.389 e. The van der Waals surface area contributed by atoms with E-state index in [1.54, 1.807) is 0 Å². The molecule has 0 aromatic heterocycles. The molecule has 2 rings (SSSR count). The summed E-state index contributed by atoms with van der Waals surface area (Å²) in [4.78, 5) is 2.34. The Morgan fingerprint density at radius 3 is 2.52 bits per heavy atom. The number of nitrogens with zero attached hydrogens (tertiary/aromatic N) is 1. The maximum absolute atomic E-state index is 12.2. The van der Waals surface area contributed by atoms with E-state index in [1.807, 2.05) is 25.1 Å². The standard InChI is InChI=1S/C16H23F3N2/c1-13(7-6-10-16(17,18)19)20-14-8-2-3-9-15(14)21-11-4-5-12-21/h2-3,8-9,13,20H,4-7,10-12H2,1H3. The first kappa shape index (κ1) is 16.0. The van der Waals surface area contributed by atoms with E-state index < -0.39 is 12.6 Å². The lowest BCUT2D eigenvalue weighted by atomic mass is 10.1. The molecule has 1 aromatic carbocycles. The van der Waals surface area contributed by atoms with Gasteiger partial charge in [0.05, 0.1) is 11.4 Å². The number of benzene rings is 1. The Morgan fingerprint density at radius 1 is 1.19 bits per heavy atom. The van der Waals surface area contributed by atoms with Gasteiger partial charge in [-0.3, -0.25) is 0 Å². The highest BCUT2D eigenvalue weighted by Crippen LogP contribution is 2.30. The van der Waals surface area contributed by atoms with E-state index in [9.17, 15) is 13.2 Å². The largest absolute Gasteiger partial charge is 0.389 e. The third-order valence-electron chi connectivity index (χ3n) is 3.85. The zero-order chi connectivity index (χ0) is 15.3. The second-order valence-electron chi connectivity index (χ2n) is 5.76. The number of hydrogen-bond acceptors (Lipinski definition) is 2. The van der Waals surface area contributed by atoms with Gasteiger partial charge in [0.2, 0.25) is 0 Å². The Morgan fingerprint density at radius 2 is 1.86 bits per heavy atom. The molecule has 2 nitrogen and oxygen atoms in total. The number of anilines is 2.